The number of nitrogens with one attached hydrogen (secondary N) is 2. The molecular weight excluding hydrogens is 352 g/mol. The van der Waals surface area contributed by atoms with Crippen molar-refractivity contribution in [1.82, 2.24) is 10.8 Å². The number of carbonyl (C=O) groups excluding carboxylic acids is 2. The second-order valence-corrected chi connectivity index (χ2v) is 6.56. The molecule has 3 aromatic rings. The van der Waals surface area contributed by atoms with Crippen LogP contribution in [-0.4, -0.2) is 17.0 Å². The van der Waals surface area contributed by atoms with E-state index in [0.717, 1.165) is 27.8 Å². The van der Waals surface area contributed by atoms with E-state index in [1.165, 1.54) is 6.92 Å². The molecule has 28 heavy (non-hydrogen) atoms. The Labute approximate surface area is 164 Å². The molecule has 0 spiro atoms. The van der Waals surface area contributed by atoms with E-state index in [9.17, 15) is 14.8 Å². The first kappa shape index (κ1) is 19.3. The standard InChI is InChI=1S/C23H22N2O3/c1-16(26)24-15-17-7-5-10-19(13-17)20-11-6-12-21(14-20)22(23(27)25-28)18-8-3-2-4-9-18/h2-14,22,28H,15H2,1H3,(H,24,26)(H,25,27). The molecule has 5 nitrogen and oxygen atoms in total. The zero-order valence-corrected chi connectivity index (χ0v) is 15.6. The maximum Gasteiger partial charge on any atom is 0.255 e. The van der Waals surface area contributed by atoms with Gasteiger partial charge < -0.3 is 5.32 Å². The van der Waals surface area contributed by atoms with Crippen molar-refractivity contribution in [2.45, 2.75) is 19.4 Å². The normalized spacial score (nSPS) is 11.5. The Morgan fingerprint density at radius 1 is 0.857 bits per heavy atom. The summed E-state index contributed by atoms with van der Waals surface area (Å²) in [6.07, 6.45) is 0. The van der Waals surface area contributed by atoms with Crippen LogP contribution in [0.25, 0.3) is 11.1 Å². The summed E-state index contributed by atoms with van der Waals surface area (Å²) in [6.45, 7) is 1.95. The van der Waals surface area contributed by atoms with Crippen LogP contribution in [0.4, 0.5) is 0 Å². The van der Waals surface area contributed by atoms with Crippen LogP contribution in [0.2, 0.25) is 0 Å². The molecule has 3 N–H and O–H groups in total. The Kier molecular flexibility index (Phi) is 6.19. The molecule has 0 heterocycles. The number of hydrogen-bond acceptors (Lipinski definition) is 3. The second-order valence-electron chi connectivity index (χ2n) is 6.56. The molecule has 0 fully saturated rings. The molecule has 142 valence electrons. The molecule has 0 radical (unpaired) electrons. The van der Waals surface area contributed by atoms with Crippen LogP contribution < -0.4 is 10.8 Å². The van der Waals surface area contributed by atoms with Gasteiger partial charge in [-0.25, -0.2) is 5.48 Å². The van der Waals surface area contributed by atoms with Gasteiger partial charge in [-0.3, -0.25) is 14.8 Å². The fourth-order valence-electron chi connectivity index (χ4n) is 3.19. The van der Waals surface area contributed by atoms with Crippen molar-refractivity contribution in [3.8, 4) is 11.1 Å². The first-order chi connectivity index (χ1) is 13.6. The van der Waals surface area contributed by atoms with Crippen molar-refractivity contribution >= 4 is 11.8 Å². The van der Waals surface area contributed by atoms with E-state index < -0.39 is 11.8 Å². The highest BCUT2D eigenvalue weighted by atomic mass is 16.5. The Bertz CT molecular complexity index is 970. The Morgan fingerprint density at radius 3 is 2.18 bits per heavy atom. The number of carbonyl (C=O) groups is 2. The summed E-state index contributed by atoms with van der Waals surface area (Å²) in [4.78, 5) is 23.5. The molecule has 1 unspecified atom stereocenters. The molecular formula is C23H22N2O3. The van der Waals surface area contributed by atoms with Gasteiger partial charge in [0.1, 0.15) is 0 Å². The Balaban J connectivity index is 1.96. The van der Waals surface area contributed by atoms with Crippen LogP contribution in [0.5, 0.6) is 0 Å². The summed E-state index contributed by atoms with van der Waals surface area (Å²) in [5.74, 6) is -1.18. The molecule has 0 saturated carbocycles. The molecule has 2 amide bonds. The maximum absolute atomic E-state index is 12.4. The fraction of sp³-hybridized carbons (Fsp3) is 0.130. The summed E-state index contributed by atoms with van der Waals surface area (Å²) < 4.78 is 0. The molecule has 0 saturated heterocycles. The third-order valence-corrected chi connectivity index (χ3v) is 4.53. The summed E-state index contributed by atoms with van der Waals surface area (Å²) in [7, 11) is 0. The third-order valence-electron chi connectivity index (χ3n) is 4.53. The Hall–Kier alpha value is -3.44. The molecule has 0 aliphatic carbocycles. The van der Waals surface area contributed by atoms with Gasteiger partial charge in [-0.15, -0.1) is 0 Å². The maximum atomic E-state index is 12.4. The lowest BCUT2D eigenvalue weighted by atomic mass is 9.88. The monoisotopic (exact) mass is 374 g/mol. The highest BCUT2D eigenvalue weighted by Gasteiger charge is 2.22. The minimum Gasteiger partial charge on any atom is -0.352 e. The molecule has 0 bridgehead atoms. The molecule has 5 heteroatoms. The molecule has 0 aliphatic heterocycles. The SMILES string of the molecule is CC(=O)NCc1cccc(-c2cccc(C(C(=O)NO)c3ccccc3)c2)c1. The predicted octanol–water partition coefficient (Wildman–Crippen LogP) is 3.63. The minimum atomic E-state index is -0.617. The number of rotatable bonds is 6. The molecule has 0 aromatic heterocycles. The highest BCUT2D eigenvalue weighted by Crippen LogP contribution is 2.29. The lowest BCUT2D eigenvalue weighted by Gasteiger charge is -2.17. The van der Waals surface area contributed by atoms with Crippen LogP contribution in [-0.2, 0) is 16.1 Å². The van der Waals surface area contributed by atoms with Crippen LogP contribution in [0.15, 0.2) is 78.9 Å². The molecule has 3 aromatic carbocycles. The number of benzene rings is 3. The molecule has 1 atom stereocenters. The lowest BCUT2D eigenvalue weighted by molar-refractivity contribution is -0.129. The zero-order chi connectivity index (χ0) is 19.9. The van der Waals surface area contributed by atoms with Crippen molar-refractivity contribution in [3.05, 3.63) is 95.6 Å². The van der Waals surface area contributed by atoms with Crippen LogP contribution in [0, 0.1) is 0 Å². The zero-order valence-electron chi connectivity index (χ0n) is 15.6. The van der Waals surface area contributed by atoms with Crippen molar-refractivity contribution in [3.63, 3.8) is 0 Å². The van der Waals surface area contributed by atoms with Gasteiger partial charge in [0, 0.05) is 13.5 Å². The van der Waals surface area contributed by atoms with Crippen LogP contribution in [0.1, 0.15) is 29.5 Å². The van der Waals surface area contributed by atoms with Crippen LogP contribution >= 0.6 is 0 Å². The third kappa shape index (κ3) is 4.64. The van der Waals surface area contributed by atoms with E-state index in [1.54, 1.807) is 5.48 Å². The molecule has 0 aliphatic rings. The van der Waals surface area contributed by atoms with E-state index in [2.05, 4.69) is 5.32 Å². The average Bonchev–Trinajstić information content (AvgIpc) is 2.73. The topological polar surface area (TPSA) is 78.4 Å². The lowest BCUT2D eigenvalue weighted by Crippen LogP contribution is -2.27. The van der Waals surface area contributed by atoms with Gasteiger partial charge in [-0.1, -0.05) is 72.8 Å². The number of amides is 2. The predicted molar refractivity (Wildman–Crippen MR) is 108 cm³/mol. The van der Waals surface area contributed by atoms with Gasteiger partial charge in [0.25, 0.3) is 5.91 Å². The Morgan fingerprint density at radius 2 is 1.50 bits per heavy atom. The summed E-state index contributed by atoms with van der Waals surface area (Å²) in [6, 6.07) is 24.9. The quantitative estimate of drug-likeness (QED) is 0.455. The minimum absolute atomic E-state index is 0.0758. The summed E-state index contributed by atoms with van der Waals surface area (Å²) >= 11 is 0. The fourth-order valence-corrected chi connectivity index (χ4v) is 3.19. The first-order valence-electron chi connectivity index (χ1n) is 9.01. The van der Waals surface area contributed by atoms with Gasteiger partial charge in [-0.2, -0.15) is 0 Å². The van der Waals surface area contributed by atoms with Crippen molar-refractivity contribution in [2.24, 2.45) is 0 Å². The highest BCUT2D eigenvalue weighted by molar-refractivity contribution is 5.86. The van der Waals surface area contributed by atoms with E-state index in [0.29, 0.717) is 6.54 Å². The van der Waals surface area contributed by atoms with Crippen molar-refractivity contribution in [1.29, 1.82) is 0 Å². The first-order valence-corrected chi connectivity index (χ1v) is 9.01. The number of hydroxylamine groups is 1. The van der Waals surface area contributed by atoms with E-state index in [-0.39, 0.29) is 5.91 Å². The van der Waals surface area contributed by atoms with Crippen LogP contribution in [0.3, 0.4) is 0 Å². The average molecular weight is 374 g/mol. The van der Waals surface area contributed by atoms with Crippen molar-refractivity contribution in [2.75, 3.05) is 0 Å². The van der Waals surface area contributed by atoms with Gasteiger partial charge >= 0.3 is 0 Å². The van der Waals surface area contributed by atoms with Crippen molar-refractivity contribution < 1.29 is 14.8 Å². The van der Waals surface area contributed by atoms with Gasteiger partial charge in [0.2, 0.25) is 5.91 Å². The van der Waals surface area contributed by atoms with E-state index in [1.807, 2.05) is 78.9 Å². The largest absolute Gasteiger partial charge is 0.352 e. The summed E-state index contributed by atoms with van der Waals surface area (Å²) in [5.41, 5.74) is 6.29. The van der Waals surface area contributed by atoms with Gasteiger partial charge in [0.05, 0.1) is 5.92 Å². The van der Waals surface area contributed by atoms with E-state index in [4.69, 9.17) is 0 Å². The summed E-state index contributed by atoms with van der Waals surface area (Å²) in [5, 5.41) is 12.0. The van der Waals surface area contributed by atoms with E-state index >= 15 is 0 Å². The second kappa shape index (κ2) is 8.97. The van der Waals surface area contributed by atoms with Gasteiger partial charge in [0.15, 0.2) is 0 Å². The molecule has 3 rings (SSSR count). The number of hydrogen-bond donors (Lipinski definition) is 3. The van der Waals surface area contributed by atoms with Gasteiger partial charge in [-0.05, 0) is 33.9 Å². The smallest absolute Gasteiger partial charge is 0.255 e.